The van der Waals surface area contributed by atoms with Crippen molar-refractivity contribution in [2.45, 2.75) is 19.4 Å². The van der Waals surface area contributed by atoms with Gasteiger partial charge < -0.3 is 9.75 Å². The van der Waals surface area contributed by atoms with Crippen molar-refractivity contribution in [3.8, 4) is 18.1 Å². The zero-order valence-electron chi connectivity index (χ0n) is 12.2. The van der Waals surface area contributed by atoms with E-state index in [4.69, 9.17) is 11.2 Å². The molecule has 20 heavy (non-hydrogen) atoms. The zero-order valence-corrected chi connectivity index (χ0v) is 13.8. The fraction of sp³-hybridized carbons (Fsp3) is 0.312. The maximum Gasteiger partial charge on any atom is 0.163 e. The van der Waals surface area contributed by atoms with Gasteiger partial charge in [0.1, 0.15) is 5.75 Å². The molecule has 4 heteroatoms. The Bertz CT molecular complexity index is 554. The number of halogens is 1. The van der Waals surface area contributed by atoms with Crippen molar-refractivity contribution < 1.29 is 4.74 Å². The molecule has 0 unspecified atom stereocenters. The number of nitrogens with zero attached hydrogens (tertiary/aromatic N) is 2. The first-order chi connectivity index (χ1) is 9.34. The Labute approximate surface area is 129 Å². The van der Waals surface area contributed by atoms with Gasteiger partial charge in [0.25, 0.3) is 0 Å². The third-order valence-corrected chi connectivity index (χ3v) is 2.84. The van der Waals surface area contributed by atoms with Crippen LogP contribution in [0, 0.1) is 12.3 Å². The third kappa shape index (κ3) is 5.50. The predicted octanol–water partition coefficient (Wildman–Crippen LogP) is 3.80. The Morgan fingerprint density at radius 2 is 2.10 bits per heavy atom. The van der Waals surface area contributed by atoms with Crippen LogP contribution in [0.4, 0.5) is 0 Å². The standard InChI is InChI=1S/C16H19BrN2O/c1-6-16(2,3)20-15-12-14(17)10-9-13(15)8-7-11-18-19(4)5/h1,7-12H,2-5H3/b8-7+,18-11+. The summed E-state index contributed by atoms with van der Waals surface area (Å²) in [5, 5.41) is 5.84. The first-order valence-electron chi connectivity index (χ1n) is 6.18. The molecule has 0 aliphatic rings. The fourth-order valence-corrected chi connectivity index (χ4v) is 1.70. The van der Waals surface area contributed by atoms with Crippen LogP contribution in [0.1, 0.15) is 19.4 Å². The molecule has 3 nitrogen and oxygen atoms in total. The summed E-state index contributed by atoms with van der Waals surface area (Å²) >= 11 is 3.44. The van der Waals surface area contributed by atoms with Crippen LogP contribution in [0.25, 0.3) is 6.08 Å². The lowest BCUT2D eigenvalue weighted by Crippen LogP contribution is -2.25. The van der Waals surface area contributed by atoms with Crippen LogP contribution in [0.3, 0.4) is 0 Å². The molecule has 0 spiro atoms. The average Bonchev–Trinajstić information content (AvgIpc) is 2.36. The molecule has 0 atom stereocenters. The number of allylic oxidation sites excluding steroid dienone is 1. The molecule has 0 saturated heterocycles. The maximum atomic E-state index is 5.87. The summed E-state index contributed by atoms with van der Waals surface area (Å²) in [5.41, 5.74) is 0.294. The Morgan fingerprint density at radius 1 is 1.40 bits per heavy atom. The van der Waals surface area contributed by atoms with Crippen molar-refractivity contribution in [2.24, 2.45) is 5.10 Å². The van der Waals surface area contributed by atoms with Gasteiger partial charge in [-0.1, -0.05) is 27.9 Å². The van der Waals surface area contributed by atoms with Crippen LogP contribution in [0.2, 0.25) is 0 Å². The van der Waals surface area contributed by atoms with Gasteiger partial charge in [-0.25, -0.2) is 0 Å². The largest absolute Gasteiger partial charge is 0.475 e. The van der Waals surface area contributed by atoms with Crippen LogP contribution in [-0.4, -0.2) is 30.9 Å². The molecular weight excluding hydrogens is 316 g/mol. The third-order valence-electron chi connectivity index (χ3n) is 2.35. The van der Waals surface area contributed by atoms with Crippen molar-refractivity contribution in [1.29, 1.82) is 0 Å². The van der Waals surface area contributed by atoms with Crippen LogP contribution >= 0.6 is 15.9 Å². The zero-order chi connectivity index (χ0) is 15.2. The quantitative estimate of drug-likeness (QED) is 0.464. The van der Waals surface area contributed by atoms with Gasteiger partial charge in [0.05, 0.1) is 0 Å². The Morgan fingerprint density at radius 3 is 2.70 bits per heavy atom. The first-order valence-corrected chi connectivity index (χ1v) is 6.97. The summed E-state index contributed by atoms with van der Waals surface area (Å²) in [6.45, 7) is 3.71. The highest BCUT2D eigenvalue weighted by Gasteiger charge is 2.17. The fourth-order valence-electron chi connectivity index (χ4n) is 1.36. The van der Waals surface area contributed by atoms with E-state index in [1.807, 2.05) is 58.3 Å². The molecule has 0 radical (unpaired) electrons. The lowest BCUT2D eigenvalue weighted by molar-refractivity contribution is 0.172. The first kappa shape index (κ1) is 16.3. The molecule has 0 saturated carbocycles. The molecule has 0 heterocycles. The SMILES string of the molecule is C#CC(C)(C)Oc1cc(Br)ccc1/C=C/C=N/N(C)C. The van der Waals surface area contributed by atoms with Gasteiger partial charge >= 0.3 is 0 Å². The van der Waals surface area contributed by atoms with Crippen LogP contribution in [0.15, 0.2) is 33.8 Å². The normalized spacial score (nSPS) is 11.8. The minimum Gasteiger partial charge on any atom is -0.475 e. The van der Waals surface area contributed by atoms with Crippen molar-refractivity contribution in [3.05, 3.63) is 34.3 Å². The topological polar surface area (TPSA) is 24.8 Å². The molecule has 0 amide bonds. The predicted molar refractivity (Wildman–Crippen MR) is 88.9 cm³/mol. The molecule has 106 valence electrons. The number of rotatable bonds is 5. The molecular formula is C16H19BrN2O. The highest BCUT2D eigenvalue weighted by Crippen LogP contribution is 2.28. The molecule has 0 bridgehead atoms. The van der Waals surface area contributed by atoms with E-state index in [-0.39, 0.29) is 0 Å². The van der Waals surface area contributed by atoms with E-state index in [1.54, 1.807) is 11.2 Å². The van der Waals surface area contributed by atoms with E-state index in [9.17, 15) is 0 Å². The van der Waals surface area contributed by atoms with Crippen LogP contribution < -0.4 is 4.74 Å². The molecule has 0 aliphatic carbocycles. The summed E-state index contributed by atoms with van der Waals surface area (Å²) in [5.74, 6) is 3.36. The van der Waals surface area contributed by atoms with Crippen molar-refractivity contribution in [1.82, 2.24) is 5.01 Å². The smallest absolute Gasteiger partial charge is 0.163 e. The summed E-state index contributed by atoms with van der Waals surface area (Å²) in [6.07, 6.45) is 11.0. The lowest BCUT2D eigenvalue weighted by Gasteiger charge is -2.21. The minimum absolute atomic E-state index is 0.652. The van der Waals surface area contributed by atoms with Gasteiger partial charge in [-0.2, -0.15) is 5.10 Å². The van der Waals surface area contributed by atoms with Gasteiger partial charge in [-0.3, -0.25) is 0 Å². The van der Waals surface area contributed by atoms with Gasteiger partial charge in [-0.15, -0.1) is 6.42 Å². The van der Waals surface area contributed by atoms with E-state index >= 15 is 0 Å². The molecule has 0 aliphatic heterocycles. The van der Waals surface area contributed by atoms with Gasteiger partial charge in [0.15, 0.2) is 5.60 Å². The molecule has 1 aromatic carbocycles. The molecule has 1 aromatic rings. The monoisotopic (exact) mass is 334 g/mol. The van der Waals surface area contributed by atoms with E-state index in [1.165, 1.54) is 0 Å². The maximum absolute atomic E-state index is 5.87. The summed E-state index contributed by atoms with van der Waals surface area (Å²) < 4.78 is 6.81. The Balaban J connectivity index is 3.00. The van der Waals surface area contributed by atoms with Gasteiger partial charge in [-0.05, 0) is 38.1 Å². The number of hydrogen-bond donors (Lipinski definition) is 0. The Hall–Kier alpha value is -1.73. The van der Waals surface area contributed by atoms with Crippen LogP contribution in [-0.2, 0) is 0 Å². The minimum atomic E-state index is -0.652. The second-order valence-electron chi connectivity index (χ2n) is 4.91. The highest BCUT2D eigenvalue weighted by molar-refractivity contribution is 9.10. The molecule has 0 fully saturated rings. The Kier molecular flexibility index (Phi) is 5.84. The summed E-state index contributed by atoms with van der Waals surface area (Å²) in [7, 11) is 3.74. The second kappa shape index (κ2) is 7.16. The van der Waals surface area contributed by atoms with E-state index in [0.29, 0.717) is 0 Å². The summed E-state index contributed by atoms with van der Waals surface area (Å²) in [4.78, 5) is 0. The van der Waals surface area contributed by atoms with E-state index in [2.05, 4.69) is 27.0 Å². The van der Waals surface area contributed by atoms with Crippen LogP contribution in [0.5, 0.6) is 5.75 Å². The number of ether oxygens (including phenoxy) is 1. The van der Waals surface area contributed by atoms with Gasteiger partial charge in [0, 0.05) is 30.3 Å². The average molecular weight is 335 g/mol. The van der Waals surface area contributed by atoms with Crippen molar-refractivity contribution in [2.75, 3.05) is 14.1 Å². The lowest BCUT2D eigenvalue weighted by atomic mass is 10.1. The number of terminal acetylenes is 1. The second-order valence-corrected chi connectivity index (χ2v) is 5.83. The summed E-state index contributed by atoms with van der Waals surface area (Å²) in [6, 6.07) is 5.83. The van der Waals surface area contributed by atoms with Crippen molar-refractivity contribution >= 4 is 28.2 Å². The van der Waals surface area contributed by atoms with Gasteiger partial charge in [0.2, 0.25) is 0 Å². The molecule has 1 rings (SSSR count). The number of hydrazone groups is 1. The van der Waals surface area contributed by atoms with E-state index < -0.39 is 5.60 Å². The number of hydrogen-bond acceptors (Lipinski definition) is 3. The highest BCUT2D eigenvalue weighted by atomic mass is 79.9. The number of benzene rings is 1. The van der Waals surface area contributed by atoms with Crippen molar-refractivity contribution in [3.63, 3.8) is 0 Å². The molecule has 0 N–H and O–H groups in total. The van der Waals surface area contributed by atoms with E-state index in [0.717, 1.165) is 15.8 Å². The molecule has 0 aromatic heterocycles.